The SMILES string of the molecule is CCc1cc(C(C)(C)c2cc(CC)c(C(=O)O)c(CC)c2)cc(CC)c1C(=O)O. The summed E-state index contributed by atoms with van der Waals surface area (Å²) >= 11 is 0. The largest absolute Gasteiger partial charge is 0.478 e. The molecule has 0 atom stereocenters. The molecule has 0 bridgehead atoms. The van der Waals surface area contributed by atoms with Gasteiger partial charge in [-0.1, -0.05) is 65.8 Å². The minimum absolute atomic E-state index is 0.379. The van der Waals surface area contributed by atoms with E-state index in [0.29, 0.717) is 36.8 Å². The van der Waals surface area contributed by atoms with Crippen molar-refractivity contribution in [2.45, 2.75) is 72.6 Å². The predicted octanol–water partition coefficient (Wildman–Crippen LogP) is 5.66. The molecule has 0 saturated carbocycles. The van der Waals surface area contributed by atoms with Crippen LogP contribution in [-0.2, 0) is 31.1 Å². The summed E-state index contributed by atoms with van der Waals surface area (Å²) in [6, 6.07) is 8.02. The van der Waals surface area contributed by atoms with Crippen LogP contribution in [0.25, 0.3) is 0 Å². The molecular formula is C25H32O4. The molecule has 0 spiro atoms. The average molecular weight is 397 g/mol. The third-order valence-electron chi connectivity index (χ3n) is 6.00. The molecule has 0 unspecified atom stereocenters. The van der Waals surface area contributed by atoms with E-state index < -0.39 is 11.9 Å². The lowest BCUT2D eigenvalue weighted by Gasteiger charge is -2.30. The first-order valence-corrected chi connectivity index (χ1v) is 10.4. The molecule has 0 amide bonds. The van der Waals surface area contributed by atoms with Gasteiger partial charge in [-0.05, 0) is 59.1 Å². The highest BCUT2D eigenvalue weighted by Gasteiger charge is 2.28. The molecule has 2 N–H and O–H groups in total. The van der Waals surface area contributed by atoms with E-state index in [0.717, 1.165) is 33.4 Å². The molecule has 0 radical (unpaired) electrons. The molecule has 0 aliphatic heterocycles. The van der Waals surface area contributed by atoms with Crippen molar-refractivity contribution in [2.75, 3.05) is 0 Å². The summed E-state index contributed by atoms with van der Waals surface area (Å²) in [5.74, 6) is -1.76. The summed E-state index contributed by atoms with van der Waals surface area (Å²) in [6.45, 7) is 12.1. The zero-order chi connectivity index (χ0) is 21.9. The third-order valence-corrected chi connectivity index (χ3v) is 6.00. The fourth-order valence-electron chi connectivity index (χ4n) is 4.09. The Morgan fingerprint density at radius 1 is 0.655 bits per heavy atom. The minimum Gasteiger partial charge on any atom is -0.478 e. The van der Waals surface area contributed by atoms with Crippen LogP contribution in [0.5, 0.6) is 0 Å². The number of hydrogen-bond acceptors (Lipinski definition) is 2. The fourth-order valence-corrected chi connectivity index (χ4v) is 4.09. The molecular weight excluding hydrogens is 364 g/mol. The molecule has 0 heterocycles. The van der Waals surface area contributed by atoms with E-state index in [1.54, 1.807) is 0 Å². The number of carbonyl (C=O) groups is 2. The van der Waals surface area contributed by atoms with Crippen molar-refractivity contribution in [1.29, 1.82) is 0 Å². The van der Waals surface area contributed by atoms with Gasteiger partial charge in [0.1, 0.15) is 0 Å². The van der Waals surface area contributed by atoms with Crippen LogP contribution in [0.2, 0.25) is 0 Å². The average Bonchev–Trinajstić information content (AvgIpc) is 2.70. The van der Waals surface area contributed by atoms with Crippen molar-refractivity contribution in [3.05, 3.63) is 68.8 Å². The lowest BCUT2D eigenvalue weighted by Crippen LogP contribution is -2.22. The maximum atomic E-state index is 11.8. The number of benzene rings is 2. The highest BCUT2D eigenvalue weighted by atomic mass is 16.4. The highest BCUT2D eigenvalue weighted by Crippen LogP contribution is 2.36. The summed E-state index contributed by atoms with van der Waals surface area (Å²) in [5.41, 5.74) is 5.93. The molecule has 0 aliphatic rings. The van der Waals surface area contributed by atoms with Crippen LogP contribution in [-0.4, -0.2) is 22.2 Å². The van der Waals surface area contributed by atoms with Gasteiger partial charge in [0.05, 0.1) is 11.1 Å². The molecule has 4 nitrogen and oxygen atoms in total. The van der Waals surface area contributed by atoms with Crippen molar-refractivity contribution in [3.8, 4) is 0 Å². The van der Waals surface area contributed by atoms with E-state index in [9.17, 15) is 19.8 Å². The Balaban J connectivity index is 2.76. The number of rotatable bonds is 8. The Kier molecular flexibility index (Phi) is 6.89. The summed E-state index contributed by atoms with van der Waals surface area (Å²) < 4.78 is 0. The highest BCUT2D eigenvalue weighted by molar-refractivity contribution is 5.92. The van der Waals surface area contributed by atoms with E-state index in [4.69, 9.17) is 0 Å². The Labute approximate surface area is 173 Å². The van der Waals surface area contributed by atoms with E-state index in [1.165, 1.54) is 0 Å². The predicted molar refractivity (Wildman–Crippen MR) is 116 cm³/mol. The van der Waals surface area contributed by atoms with E-state index >= 15 is 0 Å². The van der Waals surface area contributed by atoms with Crippen LogP contribution in [0.1, 0.15) is 95.6 Å². The van der Waals surface area contributed by atoms with Crippen molar-refractivity contribution in [1.82, 2.24) is 0 Å². The van der Waals surface area contributed by atoms with Gasteiger partial charge < -0.3 is 10.2 Å². The molecule has 4 heteroatoms. The van der Waals surface area contributed by atoms with Crippen molar-refractivity contribution in [2.24, 2.45) is 0 Å². The van der Waals surface area contributed by atoms with Crippen LogP contribution in [0.15, 0.2) is 24.3 Å². The molecule has 0 saturated heterocycles. The molecule has 2 aromatic carbocycles. The number of aromatic carboxylic acids is 2. The van der Waals surface area contributed by atoms with Gasteiger partial charge in [-0.2, -0.15) is 0 Å². The summed E-state index contributed by atoms with van der Waals surface area (Å²) in [5, 5.41) is 19.4. The van der Waals surface area contributed by atoms with Crippen LogP contribution in [0, 0.1) is 0 Å². The summed E-state index contributed by atoms with van der Waals surface area (Å²) in [6.07, 6.45) is 2.60. The smallest absolute Gasteiger partial charge is 0.336 e. The number of carboxylic acid groups (broad SMARTS) is 2. The van der Waals surface area contributed by atoms with Gasteiger partial charge in [-0.15, -0.1) is 0 Å². The van der Waals surface area contributed by atoms with Crippen LogP contribution in [0.4, 0.5) is 0 Å². The third kappa shape index (κ3) is 4.21. The molecule has 29 heavy (non-hydrogen) atoms. The number of hydrogen-bond donors (Lipinski definition) is 2. The van der Waals surface area contributed by atoms with Crippen LogP contribution < -0.4 is 0 Å². The zero-order valence-corrected chi connectivity index (χ0v) is 18.3. The van der Waals surface area contributed by atoms with Crippen molar-refractivity contribution in [3.63, 3.8) is 0 Å². The van der Waals surface area contributed by atoms with E-state index in [-0.39, 0.29) is 5.41 Å². The van der Waals surface area contributed by atoms with Gasteiger partial charge in [0.2, 0.25) is 0 Å². The lowest BCUT2D eigenvalue weighted by molar-refractivity contribution is 0.0683. The normalized spacial score (nSPS) is 11.5. The zero-order valence-electron chi connectivity index (χ0n) is 18.3. The maximum Gasteiger partial charge on any atom is 0.336 e. The van der Waals surface area contributed by atoms with E-state index in [1.807, 2.05) is 52.0 Å². The van der Waals surface area contributed by atoms with Crippen molar-refractivity contribution >= 4 is 11.9 Å². The number of carboxylic acids is 2. The van der Waals surface area contributed by atoms with Crippen molar-refractivity contribution < 1.29 is 19.8 Å². The van der Waals surface area contributed by atoms with Gasteiger partial charge in [0.25, 0.3) is 0 Å². The fraction of sp³-hybridized carbons (Fsp3) is 0.440. The standard InChI is InChI=1S/C25H32O4/c1-7-15-11-19(12-16(8-2)21(15)23(26)27)25(5,6)20-13-17(9-3)22(24(28)29)18(10-4)14-20/h11-14H,7-10H2,1-6H3,(H,26,27)(H,28,29). The Morgan fingerprint density at radius 2 is 0.897 bits per heavy atom. The second-order valence-electron chi connectivity index (χ2n) is 7.99. The number of aryl methyl sites for hydroxylation is 4. The molecule has 156 valence electrons. The molecule has 2 aromatic rings. The topological polar surface area (TPSA) is 74.6 Å². The first-order valence-electron chi connectivity index (χ1n) is 10.4. The second kappa shape index (κ2) is 8.81. The van der Waals surface area contributed by atoms with Gasteiger partial charge in [-0.25, -0.2) is 9.59 Å². The molecule has 0 fully saturated rings. The molecule has 0 aliphatic carbocycles. The lowest BCUT2D eigenvalue weighted by atomic mass is 9.74. The summed E-state index contributed by atoms with van der Waals surface area (Å²) in [7, 11) is 0. The van der Waals surface area contributed by atoms with E-state index in [2.05, 4.69) is 13.8 Å². The Hall–Kier alpha value is -2.62. The van der Waals surface area contributed by atoms with Gasteiger partial charge in [-0.3, -0.25) is 0 Å². The summed E-state index contributed by atoms with van der Waals surface area (Å²) in [4.78, 5) is 23.6. The second-order valence-corrected chi connectivity index (χ2v) is 7.99. The Morgan fingerprint density at radius 3 is 1.07 bits per heavy atom. The first kappa shape index (κ1) is 22.7. The molecule has 0 aromatic heterocycles. The first-order chi connectivity index (χ1) is 13.6. The minimum atomic E-state index is -0.879. The van der Waals surface area contributed by atoms with Gasteiger partial charge >= 0.3 is 11.9 Å². The van der Waals surface area contributed by atoms with Crippen LogP contribution >= 0.6 is 0 Å². The van der Waals surface area contributed by atoms with Gasteiger partial charge in [0, 0.05) is 5.41 Å². The quantitative estimate of drug-likeness (QED) is 0.604. The molecule has 2 rings (SSSR count). The monoisotopic (exact) mass is 396 g/mol. The van der Waals surface area contributed by atoms with Gasteiger partial charge in [0.15, 0.2) is 0 Å². The Bertz CT molecular complexity index is 812. The maximum absolute atomic E-state index is 11.8. The van der Waals surface area contributed by atoms with Crippen LogP contribution in [0.3, 0.4) is 0 Å².